The van der Waals surface area contributed by atoms with E-state index in [1.807, 2.05) is 42.5 Å². The summed E-state index contributed by atoms with van der Waals surface area (Å²) in [5, 5.41) is 0. The van der Waals surface area contributed by atoms with Crippen LogP contribution in [-0.4, -0.2) is 14.2 Å². The van der Waals surface area contributed by atoms with Gasteiger partial charge in [-0.1, -0.05) is 62.2 Å². The Bertz CT molecular complexity index is 628. The number of unbranched alkanes of at least 4 members (excludes halogenated alkanes) is 2. The molecule has 2 nitrogen and oxygen atoms in total. The fourth-order valence-corrected chi connectivity index (χ4v) is 3.52. The number of sulfone groups is 1. The van der Waals surface area contributed by atoms with Crippen LogP contribution in [0.25, 0.3) is 11.1 Å². The first-order valence-electron chi connectivity index (χ1n) is 7.02. The van der Waals surface area contributed by atoms with Crippen LogP contribution >= 0.6 is 0 Å². The van der Waals surface area contributed by atoms with Crippen molar-refractivity contribution in [3.63, 3.8) is 0 Å². The van der Waals surface area contributed by atoms with Crippen molar-refractivity contribution in [1.82, 2.24) is 0 Å². The zero-order chi connectivity index (χ0) is 14.4. The lowest BCUT2D eigenvalue weighted by Crippen LogP contribution is -2.06. The molecule has 0 amide bonds. The normalized spacial score (nSPS) is 11.4. The SMILES string of the molecule is CCCCCS(=O)(=O)c1ccc(-c2ccccc2)cc1. The molecule has 106 valence electrons. The first-order valence-corrected chi connectivity index (χ1v) is 8.67. The van der Waals surface area contributed by atoms with Crippen molar-refractivity contribution in [2.75, 3.05) is 5.75 Å². The van der Waals surface area contributed by atoms with Gasteiger partial charge >= 0.3 is 0 Å². The molecule has 2 aromatic rings. The summed E-state index contributed by atoms with van der Waals surface area (Å²) in [4.78, 5) is 0.424. The summed E-state index contributed by atoms with van der Waals surface area (Å²) in [6, 6.07) is 17.1. The molecular formula is C17H20O2S. The summed E-state index contributed by atoms with van der Waals surface area (Å²) in [6.45, 7) is 2.07. The third kappa shape index (κ3) is 3.70. The second kappa shape index (κ2) is 6.71. The summed E-state index contributed by atoms with van der Waals surface area (Å²) in [6.07, 6.45) is 2.73. The maximum atomic E-state index is 12.2. The molecule has 3 heteroatoms. The fraction of sp³-hybridized carbons (Fsp3) is 0.294. The molecular weight excluding hydrogens is 268 g/mol. The van der Waals surface area contributed by atoms with E-state index >= 15 is 0 Å². The molecule has 0 aliphatic carbocycles. The van der Waals surface area contributed by atoms with E-state index in [0.29, 0.717) is 4.90 Å². The first kappa shape index (κ1) is 14.8. The van der Waals surface area contributed by atoms with Gasteiger partial charge < -0.3 is 0 Å². The van der Waals surface area contributed by atoms with Crippen LogP contribution in [0.15, 0.2) is 59.5 Å². The summed E-state index contributed by atoms with van der Waals surface area (Å²) in [5.41, 5.74) is 2.14. The van der Waals surface area contributed by atoms with Crippen LogP contribution in [0.1, 0.15) is 26.2 Å². The van der Waals surface area contributed by atoms with Gasteiger partial charge in [0.15, 0.2) is 9.84 Å². The van der Waals surface area contributed by atoms with Crippen molar-refractivity contribution in [1.29, 1.82) is 0 Å². The van der Waals surface area contributed by atoms with Crippen LogP contribution in [-0.2, 0) is 9.84 Å². The van der Waals surface area contributed by atoms with Crippen molar-refractivity contribution >= 4 is 9.84 Å². The van der Waals surface area contributed by atoms with E-state index in [2.05, 4.69) is 6.92 Å². The smallest absolute Gasteiger partial charge is 0.178 e. The maximum Gasteiger partial charge on any atom is 0.178 e. The van der Waals surface area contributed by atoms with Gasteiger partial charge in [0.1, 0.15) is 0 Å². The Hall–Kier alpha value is -1.61. The largest absolute Gasteiger partial charge is 0.224 e. The summed E-state index contributed by atoms with van der Waals surface area (Å²) in [7, 11) is -3.13. The van der Waals surface area contributed by atoms with Crippen LogP contribution in [0.4, 0.5) is 0 Å². The molecule has 2 rings (SSSR count). The van der Waals surface area contributed by atoms with Gasteiger partial charge in [-0.3, -0.25) is 0 Å². The van der Waals surface area contributed by atoms with E-state index in [4.69, 9.17) is 0 Å². The van der Waals surface area contributed by atoms with E-state index in [1.165, 1.54) is 0 Å². The quantitative estimate of drug-likeness (QED) is 0.742. The van der Waals surface area contributed by atoms with E-state index in [9.17, 15) is 8.42 Å². The van der Waals surface area contributed by atoms with Crippen LogP contribution in [0.5, 0.6) is 0 Å². The first-order chi connectivity index (χ1) is 9.63. The van der Waals surface area contributed by atoms with Crippen LogP contribution in [0.2, 0.25) is 0 Å². The molecule has 20 heavy (non-hydrogen) atoms. The average molecular weight is 288 g/mol. The minimum atomic E-state index is -3.13. The van der Waals surface area contributed by atoms with Crippen molar-refractivity contribution in [2.45, 2.75) is 31.1 Å². The minimum absolute atomic E-state index is 0.242. The van der Waals surface area contributed by atoms with Gasteiger partial charge in [0, 0.05) is 0 Å². The predicted octanol–water partition coefficient (Wildman–Crippen LogP) is 4.32. The summed E-state index contributed by atoms with van der Waals surface area (Å²) >= 11 is 0. The highest BCUT2D eigenvalue weighted by Gasteiger charge is 2.13. The lowest BCUT2D eigenvalue weighted by Gasteiger charge is -2.06. The molecule has 0 saturated heterocycles. The molecule has 0 aromatic heterocycles. The van der Waals surface area contributed by atoms with Crippen molar-refractivity contribution in [3.05, 3.63) is 54.6 Å². The second-order valence-electron chi connectivity index (χ2n) is 4.92. The molecule has 0 aliphatic heterocycles. The van der Waals surface area contributed by atoms with E-state index < -0.39 is 9.84 Å². The third-order valence-corrected chi connectivity index (χ3v) is 5.15. The second-order valence-corrected chi connectivity index (χ2v) is 7.03. The van der Waals surface area contributed by atoms with Gasteiger partial charge in [0.2, 0.25) is 0 Å². The Morgan fingerprint density at radius 1 is 0.800 bits per heavy atom. The van der Waals surface area contributed by atoms with Crippen LogP contribution in [0.3, 0.4) is 0 Å². The van der Waals surface area contributed by atoms with Crippen molar-refractivity contribution in [3.8, 4) is 11.1 Å². The van der Waals surface area contributed by atoms with E-state index in [-0.39, 0.29) is 5.75 Å². The molecule has 0 radical (unpaired) electrons. The molecule has 2 aromatic carbocycles. The van der Waals surface area contributed by atoms with E-state index in [1.54, 1.807) is 12.1 Å². The van der Waals surface area contributed by atoms with Crippen LogP contribution < -0.4 is 0 Å². The number of hydrogen-bond donors (Lipinski definition) is 0. The monoisotopic (exact) mass is 288 g/mol. The van der Waals surface area contributed by atoms with E-state index in [0.717, 1.165) is 30.4 Å². The minimum Gasteiger partial charge on any atom is -0.224 e. The predicted molar refractivity (Wildman–Crippen MR) is 83.5 cm³/mol. The van der Waals surface area contributed by atoms with Crippen molar-refractivity contribution < 1.29 is 8.42 Å². The average Bonchev–Trinajstić information content (AvgIpc) is 2.48. The molecule has 0 spiro atoms. The van der Waals surface area contributed by atoms with Crippen molar-refractivity contribution in [2.24, 2.45) is 0 Å². The Labute approximate surface area is 121 Å². The zero-order valence-electron chi connectivity index (χ0n) is 11.7. The Morgan fingerprint density at radius 2 is 1.40 bits per heavy atom. The molecule has 0 N–H and O–H groups in total. The molecule has 0 aliphatic rings. The van der Waals surface area contributed by atoms with Gasteiger partial charge in [-0.05, 0) is 29.7 Å². The topological polar surface area (TPSA) is 34.1 Å². The molecule has 0 fully saturated rings. The maximum absolute atomic E-state index is 12.2. The third-order valence-electron chi connectivity index (χ3n) is 3.34. The Morgan fingerprint density at radius 3 is 2.00 bits per heavy atom. The number of benzene rings is 2. The van der Waals surface area contributed by atoms with Gasteiger partial charge in [-0.2, -0.15) is 0 Å². The van der Waals surface area contributed by atoms with Gasteiger partial charge in [-0.15, -0.1) is 0 Å². The summed E-state index contributed by atoms with van der Waals surface area (Å²) in [5.74, 6) is 0.242. The van der Waals surface area contributed by atoms with Gasteiger partial charge in [0.05, 0.1) is 10.6 Å². The molecule has 0 unspecified atom stereocenters. The molecule has 0 bridgehead atoms. The Kier molecular flexibility index (Phi) is 4.96. The fourth-order valence-electron chi connectivity index (χ4n) is 2.15. The highest BCUT2D eigenvalue weighted by atomic mass is 32.2. The zero-order valence-corrected chi connectivity index (χ0v) is 12.6. The highest BCUT2D eigenvalue weighted by Crippen LogP contribution is 2.21. The molecule has 0 saturated carbocycles. The Balaban J connectivity index is 2.16. The highest BCUT2D eigenvalue weighted by molar-refractivity contribution is 7.91. The van der Waals surface area contributed by atoms with Gasteiger partial charge in [0.25, 0.3) is 0 Å². The summed E-state index contributed by atoms with van der Waals surface area (Å²) < 4.78 is 24.3. The molecule has 0 heterocycles. The molecule has 0 atom stereocenters. The van der Waals surface area contributed by atoms with Gasteiger partial charge in [-0.25, -0.2) is 8.42 Å². The number of rotatable bonds is 6. The standard InChI is InChI=1S/C17H20O2S/c1-2-3-7-14-20(18,19)17-12-10-16(11-13-17)15-8-5-4-6-9-15/h4-6,8-13H,2-3,7,14H2,1H3. The lowest BCUT2D eigenvalue weighted by molar-refractivity contribution is 0.591. The number of hydrogen-bond acceptors (Lipinski definition) is 2. The lowest BCUT2D eigenvalue weighted by atomic mass is 10.1. The van der Waals surface area contributed by atoms with Crippen LogP contribution in [0, 0.1) is 0 Å².